The highest BCUT2D eigenvalue weighted by molar-refractivity contribution is 6.61. The quantitative estimate of drug-likeness (QED) is 0.757. The predicted octanol–water partition coefficient (Wildman–Crippen LogP) is 2.85. The molecule has 1 aromatic heterocycles. The van der Waals surface area contributed by atoms with Crippen LogP contribution in [0.4, 0.5) is 0 Å². The first kappa shape index (κ1) is 22.3. The Hall–Kier alpha value is -0.930. The van der Waals surface area contributed by atoms with E-state index in [1.54, 1.807) is 0 Å². The summed E-state index contributed by atoms with van der Waals surface area (Å²) in [7, 11) is -0.917. The van der Waals surface area contributed by atoms with Crippen LogP contribution in [0, 0.1) is 0 Å². The molecule has 0 amide bonds. The van der Waals surface area contributed by atoms with Gasteiger partial charge in [-0.2, -0.15) is 0 Å². The third-order valence-electron chi connectivity index (χ3n) is 7.66. The van der Waals surface area contributed by atoms with Crippen LogP contribution in [-0.2, 0) is 36.0 Å². The van der Waals surface area contributed by atoms with Crippen molar-refractivity contribution in [1.29, 1.82) is 0 Å². The lowest BCUT2D eigenvalue weighted by Crippen LogP contribution is -2.73. The monoisotopic (exact) mass is 421 g/mol. The minimum Gasteiger partial charge on any atom is -0.518 e. The van der Waals surface area contributed by atoms with Crippen LogP contribution in [0.25, 0.3) is 0 Å². The van der Waals surface area contributed by atoms with Gasteiger partial charge >= 0.3 is 14.2 Å². The number of aryl methyl sites for hydroxylation is 1. The van der Waals surface area contributed by atoms with Gasteiger partial charge in [0.05, 0.1) is 11.2 Å². The van der Waals surface area contributed by atoms with Crippen LogP contribution in [0.1, 0.15) is 92.5 Å². The molecule has 0 bridgehead atoms. The zero-order valence-corrected chi connectivity index (χ0v) is 19.8. The smallest absolute Gasteiger partial charge is 0.518 e. The zero-order chi connectivity index (χ0) is 22.0. The Kier molecular flexibility index (Phi) is 5.22. The van der Waals surface area contributed by atoms with Gasteiger partial charge in [0, 0.05) is 29.1 Å². The Balaban J connectivity index is 1.74. The summed E-state index contributed by atoms with van der Waals surface area (Å²) in [6.45, 7) is 13.6. The number of nitrogens with one attached hydrogen (secondary N) is 1. The van der Waals surface area contributed by atoms with Crippen molar-refractivity contribution >= 4 is 14.2 Å². The molecule has 0 aromatic carbocycles. The normalized spacial score (nSPS) is 28.7. The largest absolute Gasteiger partial charge is 0.611 e. The summed E-state index contributed by atoms with van der Waals surface area (Å²) in [5.74, 6) is 0. The number of H-pyrrole nitrogens is 1. The van der Waals surface area contributed by atoms with Crippen LogP contribution >= 0.6 is 0 Å². The van der Waals surface area contributed by atoms with Gasteiger partial charge in [0.15, 0.2) is 0 Å². The minimum atomic E-state index is -2.43. The lowest BCUT2D eigenvalue weighted by molar-refractivity contribution is -0.658. The Labute approximate surface area is 180 Å². The molecule has 0 unspecified atom stereocenters. The van der Waals surface area contributed by atoms with Crippen molar-refractivity contribution in [2.24, 2.45) is 0 Å². The fraction of sp³-hybridized carbons (Fsp3) is 0.900. The highest BCUT2D eigenvalue weighted by atomic mass is 16.9. The van der Waals surface area contributed by atoms with Gasteiger partial charge in [-0.3, -0.25) is 4.59 Å². The Bertz CT molecular complexity index is 776. The SMILES string of the molecule is CC1(C)OB(O[B-]2([n+]3[nH]nc4c3CCCCCC4)OC(C)(C)C(C)(C)O2)OC1(C)C. The van der Waals surface area contributed by atoms with E-state index in [9.17, 15) is 0 Å². The number of aromatic amines is 1. The second kappa shape index (κ2) is 7.04. The maximum Gasteiger partial charge on any atom is 0.611 e. The van der Waals surface area contributed by atoms with Crippen LogP contribution in [-0.4, -0.2) is 46.9 Å². The van der Waals surface area contributed by atoms with E-state index in [4.69, 9.17) is 23.2 Å². The molecule has 2 fully saturated rings. The second-order valence-electron chi connectivity index (χ2n) is 10.9. The molecule has 3 heterocycles. The van der Waals surface area contributed by atoms with E-state index in [-0.39, 0.29) is 0 Å². The molecule has 0 radical (unpaired) electrons. The molecule has 10 heteroatoms. The number of hydrogen-bond acceptors (Lipinski definition) is 6. The molecule has 1 aliphatic carbocycles. The lowest BCUT2D eigenvalue weighted by Gasteiger charge is -2.35. The van der Waals surface area contributed by atoms with E-state index in [0.29, 0.717) is 0 Å². The lowest BCUT2D eigenvalue weighted by atomic mass is 9.90. The summed E-state index contributed by atoms with van der Waals surface area (Å²) in [6, 6.07) is 0. The third-order valence-corrected chi connectivity index (χ3v) is 7.66. The summed E-state index contributed by atoms with van der Waals surface area (Å²) in [4.78, 5) is 0. The van der Waals surface area contributed by atoms with E-state index in [1.807, 2.05) is 60.0 Å². The molecule has 1 N–H and O–H groups in total. The third kappa shape index (κ3) is 3.54. The second-order valence-corrected chi connectivity index (χ2v) is 10.9. The summed E-state index contributed by atoms with van der Waals surface area (Å²) in [5.41, 5.74) is -0.0900. The molecule has 0 atom stereocenters. The van der Waals surface area contributed by atoms with Crippen LogP contribution in [0.15, 0.2) is 0 Å². The molecule has 2 saturated heterocycles. The van der Waals surface area contributed by atoms with Crippen molar-refractivity contribution in [3.05, 3.63) is 11.4 Å². The number of nitrogens with zero attached hydrogens (tertiary/aromatic N) is 2. The van der Waals surface area contributed by atoms with Gasteiger partial charge in [0.25, 0.3) is 0 Å². The molecular weight excluding hydrogens is 384 g/mol. The maximum absolute atomic E-state index is 6.58. The number of hydrogen-bond donors (Lipinski definition) is 1. The van der Waals surface area contributed by atoms with Crippen LogP contribution < -0.4 is 4.59 Å². The molecular formula is C20H37B2N3O5. The standard InChI is InChI=1S/C20H37B2N3O5/c1-17(2)18(3,4)27-21(26-17)30-22(28-19(5,6)20(7,8)29-22)25-16-14-12-10-9-11-13-15(16)23-24-25/h9-14H2,1-8H3,(H,23,24). The molecule has 168 valence electrons. The molecule has 1 aromatic rings. The van der Waals surface area contributed by atoms with Crippen LogP contribution in [0.2, 0.25) is 0 Å². The van der Waals surface area contributed by atoms with Gasteiger partial charge in [-0.05, 0) is 68.2 Å². The molecule has 8 nitrogen and oxygen atoms in total. The van der Waals surface area contributed by atoms with Crippen molar-refractivity contribution in [2.45, 2.75) is 116 Å². The first-order chi connectivity index (χ1) is 13.8. The Morgan fingerprint density at radius 2 is 1.37 bits per heavy atom. The van der Waals surface area contributed by atoms with E-state index in [2.05, 4.69) is 10.3 Å². The summed E-state index contributed by atoms with van der Waals surface area (Å²) < 4.78 is 33.8. The van der Waals surface area contributed by atoms with Crippen molar-refractivity contribution in [2.75, 3.05) is 0 Å². The van der Waals surface area contributed by atoms with Gasteiger partial charge < -0.3 is 23.2 Å². The van der Waals surface area contributed by atoms with Gasteiger partial charge in [0.2, 0.25) is 5.69 Å². The van der Waals surface area contributed by atoms with E-state index >= 15 is 0 Å². The minimum absolute atomic E-state index is 0.522. The van der Waals surface area contributed by atoms with E-state index in [0.717, 1.165) is 37.1 Å². The predicted molar refractivity (Wildman–Crippen MR) is 113 cm³/mol. The maximum atomic E-state index is 6.58. The first-order valence-corrected chi connectivity index (χ1v) is 11.3. The first-order valence-electron chi connectivity index (χ1n) is 11.3. The number of rotatable bonds is 3. The number of aromatic nitrogens is 3. The topological polar surface area (TPSA) is 78.7 Å². The summed E-state index contributed by atoms with van der Waals surface area (Å²) in [5, 5.41) is 7.76. The van der Waals surface area contributed by atoms with E-state index in [1.165, 1.54) is 12.8 Å². The molecule has 0 saturated carbocycles. The van der Waals surface area contributed by atoms with Crippen molar-refractivity contribution in [3.63, 3.8) is 0 Å². The van der Waals surface area contributed by atoms with Gasteiger partial charge in [-0.25, -0.2) is 0 Å². The van der Waals surface area contributed by atoms with Crippen molar-refractivity contribution in [3.8, 4) is 0 Å². The van der Waals surface area contributed by atoms with Crippen LogP contribution in [0.5, 0.6) is 0 Å². The molecule has 30 heavy (non-hydrogen) atoms. The summed E-state index contributed by atoms with van der Waals surface area (Å²) >= 11 is 0. The van der Waals surface area contributed by atoms with Gasteiger partial charge in [0.1, 0.15) is 5.69 Å². The van der Waals surface area contributed by atoms with Crippen molar-refractivity contribution in [1.82, 2.24) is 10.3 Å². The molecule has 0 spiro atoms. The molecule has 2 aliphatic heterocycles. The molecule has 4 rings (SSSR count). The fourth-order valence-corrected chi connectivity index (χ4v) is 4.30. The van der Waals surface area contributed by atoms with Crippen LogP contribution in [0.3, 0.4) is 0 Å². The highest BCUT2D eigenvalue weighted by Crippen LogP contribution is 2.43. The number of fused-ring (bicyclic) bond motifs is 1. The average Bonchev–Trinajstić information content (AvgIpc) is 3.08. The molecule has 3 aliphatic rings. The summed E-state index contributed by atoms with van der Waals surface area (Å²) in [6.07, 6.45) is 6.52. The van der Waals surface area contributed by atoms with E-state index < -0.39 is 36.6 Å². The Morgan fingerprint density at radius 3 is 1.93 bits per heavy atom. The van der Waals surface area contributed by atoms with Crippen molar-refractivity contribution < 1.29 is 27.8 Å². The van der Waals surface area contributed by atoms with Gasteiger partial charge in [-0.15, -0.1) is 0 Å². The highest BCUT2D eigenvalue weighted by Gasteiger charge is 2.64. The fourth-order valence-electron chi connectivity index (χ4n) is 4.30. The average molecular weight is 421 g/mol. The zero-order valence-electron chi connectivity index (χ0n) is 19.8. The van der Waals surface area contributed by atoms with Gasteiger partial charge in [-0.1, -0.05) is 18.1 Å². The Morgan fingerprint density at radius 1 is 0.833 bits per heavy atom.